The fraction of sp³-hybridized carbons (Fsp3) is 0.774. The van der Waals surface area contributed by atoms with Gasteiger partial charge in [0.05, 0.1) is 49.2 Å². The van der Waals surface area contributed by atoms with Gasteiger partial charge in [0.2, 0.25) is 0 Å². The molecule has 5 atom stereocenters. The van der Waals surface area contributed by atoms with Crippen LogP contribution >= 0.6 is 15.8 Å². The second-order valence-corrected chi connectivity index (χ2v) is 29.8. The first-order chi connectivity index (χ1) is 33.4. The normalized spacial score (nSPS) is 22.1. The van der Waals surface area contributed by atoms with Crippen LogP contribution in [0.15, 0.2) is 35.6 Å². The van der Waals surface area contributed by atoms with Gasteiger partial charge in [-0.1, -0.05) is 24.3 Å². The number of likely N-dealkylation sites (tertiary alicyclic amines) is 2. The number of nitrogens with one attached hydrogen (secondary N) is 2. The predicted molar refractivity (Wildman–Crippen MR) is 301 cm³/mol. The van der Waals surface area contributed by atoms with Crippen molar-refractivity contribution in [2.45, 2.75) is 192 Å². The van der Waals surface area contributed by atoms with Gasteiger partial charge >= 0.3 is 49.1 Å². The van der Waals surface area contributed by atoms with E-state index in [4.69, 9.17) is 31.9 Å². The standard InChI is InChI=1S/C14H26N2O4.C14H24N2O4.C14H28P2.C8H12.CHF3O3S.2CH3.Rh.H2/c2*1-14(2,3)20-13(18)16-8-6-10(7-9-16)11(15-4)12(17)19-5;1-11-5-6-12(2)15(11)9-10-16-13(3)7-8-14(16)4;1-2-4-6-8-7-5-3-1;2-1(3,4)8(5,6)7;;;;/h10-11,15H,6-9H2,1-5H3;15H,6-9H2,1-5H3;11-14H,5-10H2,1-4H3;1-2,7-8H,3-6H2;(H,5,6,7);2*1H3;;1H/q;;;;;2*-1;+3;/p+1/b;;;2-1-,8-7?;;;;;/t11-;;11-,12-,13-,14-;;;;;;/m1.1....../s1. The molecule has 4 saturated heterocycles. The second-order valence-electron chi connectivity index (χ2n) is 21.2. The van der Waals surface area contributed by atoms with Gasteiger partial charge in [-0.3, -0.25) is 4.79 Å². The number of carbonyl (C=O) groups excluding carboxylic acids is 4. The summed E-state index contributed by atoms with van der Waals surface area (Å²) in [6, 6.07) is -0.305. The minimum absolute atomic E-state index is 0. The van der Waals surface area contributed by atoms with E-state index in [1.807, 2.05) is 41.5 Å². The Bertz CT molecular complexity index is 1800. The summed E-state index contributed by atoms with van der Waals surface area (Å²) in [5.41, 5.74) is -0.653. The van der Waals surface area contributed by atoms with Crippen molar-refractivity contribution in [2.75, 3.05) is 66.8 Å². The number of ether oxygens (including phenoxy) is 4. The van der Waals surface area contributed by atoms with Gasteiger partial charge in [0.25, 0.3) is 0 Å². The van der Waals surface area contributed by atoms with Crippen LogP contribution in [-0.4, -0.2) is 159 Å². The molecule has 4 fully saturated rings. The van der Waals surface area contributed by atoms with Crippen molar-refractivity contribution in [3.05, 3.63) is 50.4 Å². The molecule has 0 aromatic carbocycles. The van der Waals surface area contributed by atoms with Gasteiger partial charge < -0.3 is 58.8 Å². The number of likely N-dealkylation sites (N-methyl/N-ethyl adjacent to an activating group) is 2. The van der Waals surface area contributed by atoms with E-state index in [1.54, 1.807) is 61.9 Å². The zero-order valence-corrected chi connectivity index (χ0v) is 52.7. The van der Waals surface area contributed by atoms with Crippen LogP contribution in [0.2, 0.25) is 0 Å². The number of esters is 2. The summed E-state index contributed by atoms with van der Waals surface area (Å²) >= 11 is 0. The Labute approximate surface area is 468 Å². The van der Waals surface area contributed by atoms with Gasteiger partial charge in [0.1, 0.15) is 22.9 Å². The fourth-order valence-corrected chi connectivity index (χ4v) is 17.7. The minimum atomic E-state index is -6.09. The molecule has 0 bridgehead atoms. The number of hydrogen-bond acceptors (Lipinski definition) is 13. The van der Waals surface area contributed by atoms with Gasteiger partial charge in [0, 0.05) is 50.5 Å². The molecule has 2 amide bonds. The molecule has 0 aromatic rings. The maximum absolute atomic E-state index is 11.9. The third-order valence-electron chi connectivity index (χ3n) is 13.4. The molecule has 0 unspecified atom stereocenters. The molecule has 22 heteroatoms. The Morgan fingerprint density at radius 1 is 0.680 bits per heavy atom. The second kappa shape index (κ2) is 37.5. The number of amides is 2. The molecule has 4 heterocycles. The molecule has 4 aliphatic heterocycles. The summed E-state index contributed by atoms with van der Waals surface area (Å²) < 4.78 is 79.1. The number of alkyl halides is 3. The molecule has 75 heavy (non-hydrogen) atoms. The van der Waals surface area contributed by atoms with Crippen LogP contribution < -0.4 is 10.6 Å². The number of methoxy groups -OCH3 is 2. The molecule has 0 spiro atoms. The molecular weight excluding hydrogens is 1120 g/mol. The largest absolute Gasteiger partial charge is 3.00 e. The molecule has 5 aliphatic rings. The van der Waals surface area contributed by atoms with Crippen LogP contribution in [0.25, 0.3) is 0 Å². The van der Waals surface area contributed by atoms with Crippen LogP contribution in [-0.2, 0) is 58.1 Å². The summed E-state index contributed by atoms with van der Waals surface area (Å²) in [6.45, 7) is 23.6. The summed E-state index contributed by atoms with van der Waals surface area (Å²) in [4.78, 5) is 50.5. The van der Waals surface area contributed by atoms with E-state index in [0.29, 0.717) is 44.7 Å². The molecule has 0 saturated carbocycles. The van der Waals surface area contributed by atoms with E-state index >= 15 is 0 Å². The quantitative estimate of drug-likeness (QED) is 0.0269. The number of nitrogens with zero attached hydrogens (tertiary/aromatic N) is 2. The summed E-state index contributed by atoms with van der Waals surface area (Å²) in [5, 5.41) is 5.87. The Kier molecular flexibility index (Phi) is 38.4. The first-order valence-electron chi connectivity index (χ1n) is 25.6. The molecule has 2 N–H and O–H groups in total. The van der Waals surface area contributed by atoms with Crippen LogP contribution in [0.1, 0.15) is 148 Å². The van der Waals surface area contributed by atoms with E-state index in [0.717, 1.165) is 41.1 Å². The van der Waals surface area contributed by atoms with Crippen molar-refractivity contribution >= 4 is 50.1 Å². The molecule has 0 aromatic heterocycles. The zero-order valence-electron chi connectivity index (χ0n) is 48.3. The maximum atomic E-state index is 11.9. The van der Waals surface area contributed by atoms with Gasteiger partial charge in [-0.05, 0) is 165 Å². The van der Waals surface area contributed by atoms with Crippen LogP contribution in [0.4, 0.5) is 22.8 Å². The number of hydrogen-bond donors (Lipinski definition) is 2. The number of carbonyl (C=O) groups is 4. The van der Waals surface area contributed by atoms with Crippen molar-refractivity contribution in [1.82, 2.24) is 20.4 Å². The van der Waals surface area contributed by atoms with Gasteiger partial charge in [0.15, 0.2) is 10.1 Å². The van der Waals surface area contributed by atoms with E-state index in [9.17, 15) is 32.3 Å². The Balaban J connectivity index is -0.000000439. The molecule has 442 valence electrons. The van der Waals surface area contributed by atoms with E-state index < -0.39 is 26.8 Å². The van der Waals surface area contributed by atoms with Crippen LogP contribution in [0, 0.1) is 20.8 Å². The third kappa shape index (κ3) is 30.0. The number of halogens is 3. The summed E-state index contributed by atoms with van der Waals surface area (Å²) in [6.07, 6.45) is 25.7. The molecule has 15 nitrogen and oxygen atoms in total. The van der Waals surface area contributed by atoms with E-state index in [-0.39, 0.29) is 87.7 Å². The molecule has 1 aliphatic carbocycles. The summed E-state index contributed by atoms with van der Waals surface area (Å²) in [7, 11) is 0.153. The Morgan fingerprint density at radius 2 is 1.01 bits per heavy atom. The van der Waals surface area contributed by atoms with Gasteiger partial charge in [-0.25, -0.2) is 22.8 Å². The van der Waals surface area contributed by atoms with Crippen LogP contribution in [0.3, 0.4) is 0 Å². The molecular formula is C53H100F3N4O11P2RhS+2. The number of allylic oxidation sites excluding steroid dienone is 4. The molecule has 5 rings (SSSR count). The van der Waals surface area contributed by atoms with Crippen molar-refractivity contribution < 1.29 is 85.2 Å². The van der Waals surface area contributed by atoms with Crippen molar-refractivity contribution in [1.29, 1.82) is 0 Å². The van der Waals surface area contributed by atoms with Crippen molar-refractivity contribution in [3.8, 4) is 0 Å². The minimum Gasteiger partial charge on any atom is -0.741 e. The average Bonchev–Trinajstić information content (AvgIpc) is 3.78. The van der Waals surface area contributed by atoms with Crippen LogP contribution in [0.5, 0.6) is 0 Å². The topological polar surface area (TPSA) is 193 Å². The van der Waals surface area contributed by atoms with E-state index in [2.05, 4.69) is 62.6 Å². The van der Waals surface area contributed by atoms with Crippen molar-refractivity contribution in [3.63, 3.8) is 0 Å². The third-order valence-corrected chi connectivity index (χ3v) is 22.3. The maximum Gasteiger partial charge on any atom is 3.00 e. The fourth-order valence-electron chi connectivity index (χ4n) is 9.32. The van der Waals surface area contributed by atoms with Crippen molar-refractivity contribution in [2.24, 2.45) is 5.92 Å². The van der Waals surface area contributed by atoms with E-state index in [1.165, 1.54) is 39.9 Å². The monoisotopic (exact) mass is 1220 g/mol. The van der Waals surface area contributed by atoms with Gasteiger partial charge in [-0.15, -0.1) is 0 Å². The average molecular weight is 1220 g/mol. The first kappa shape index (κ1) is 76.9. The SMILES string of the molecule is C1=CCC/C=C\CC1.CNC(C(=O)OC)=C1CCN(C(=O)OC(C)(C)C)CC1.CN[C@@H](C(=O)OC)C1CCN(C(=O)OC(C)(C)C)CC1.C[C@@H]1CC[C@@H](C)[PH+]1CC[PH+]1[C@H](C)CC[C@H]1C.O=S(=O)([O-])C(F)(F)F.[CH3-].[CH3-].[HH].[Rh+3]. The first-order valence-corrected chi connectivity index (χ1v) is 30.8. The smallest absolute Gasteiger partial charge is 0.741 e. The zero-order chi connectivity index (χ0) is 55.0. The van der Waals surface area contributed by atoms with Gasteiger partial charge in [-0.2, -0.15) is 13.2 Å². The Morgan fingerprint density at radius 3 is 1.28 bits per heavy atom. The molecule has 0 radical (unpaired) electrons. The number of piperidine rings is 2. The predicted octanol–water partition coefficient (Wildman–Crippen LogP) is 11.5. The Hall–Kier alpha value is -2.36. The summed E-state index contributed by atoms with van der Waals surface area (Å²) in [5.74, 6) is -0.428. The number of rotatable bonds is 8.